The van der Waals surface area contributed by atoms with Gasteiger partial charge in [0.15, 0.2) is 0 Å². The van der Waals surface area contributed by atoms with Crippen LogP contribution in [0.3, 0.4) is 0 Å². The molecule has 0 bridgehead atoms. The molecule has 2 nitrogen and oxygen atoms in total. The summed E-state index contributed by atoms with van der Waals surface area (Å²) in [5.41, 5.74) is 1.14. The summed E-state index contributed by atoms with van der Waals surface area (Å²) < 4.78 is 0.606. The van der Waals surface area contributed by atoms with Crippen molar-refractivity contribution >= 4 is 6.21 Å². The van der Waals surface area contributed by atoms with Crippen LogP contribution in [0.1, 0.15) is 5.56 Å². The summed E-state index contributed by atoms with van der Waals surface area (Å²) >= 11 is 0. The van der Waals surface area contributed by atoms with E-state index in [1.54, 1.807) is 0 Å². The van der Waals surface area contributed by atoms with Gasteiger partial charge in [-0.15, -0.1) is 0 Å². The number of quaternary nitrogens is 1. The molecule has 0 saturated heterocycles. The van der Waals surface area contributed by atoms with E-state index in [0.717, 1.165) is 5.56 Å². The monoisotopic (exact) mass is 163 g/mol. The number of benzene rings is 1. The Morgan fingerprint density at radius 2 is 1.67 bits per heavy atom. The quantitative estimate of drug-likeness (QED) is 0.357. The summed E-state index contributed by atoms with van der Waals surface area (Å²) in [4.78, 5) is 0. The Hall–Kier alpha value is -1.15. The Morgan fingerprint density at radius 3 is 2.17 bits per heavy atom. The van der Waals surface area contributed by atoms with Crippen molar-refractivity contribution in [2.75, 3.05) is 21.1 Å². The predicted molar refractivity (Wildman–Crippen MR) is 52.1 cm³/mol. The second-order valence-electron chi connectivity index (χ2n) is 3.60. The number of rotatable bonds is 2. The smallest absolute Gasteiger partial charge is 0.0923 e. The third-order valence-corrected chi connectivity index (χ3v) is 1.35. The molecule has 0 atom stereocenters. The average Bonchev–Trinajstić information content (AvgIpc) is 2.02. The standard InChI is InChI=1S/C10H15N2/c1-12(2,3)11-9-10-7-5-4-6-8-10/h4-9H,1-3H3/q+1. The highest BCUT2D eigenvalue weighted by atomic mass is 15.6. The summed E-state index contributed by atoms with van der Waals surface area (Å²) in [5.74, 6) is 0. The van der Waals surface area contributed by atoms with Crippen LogP contribution in [0.15, 0.2) is 35.4 Å². The molecule has 0 aliphatic heterocycles. The first-order chi connectivity index (χ1) is 5.58. The van der Waals surface area contributed by atoms with Crippen molar-refractivity contribution in [3.63, 3.8) is 0 Å². The fourth-order valence-electron chi connectivity index (χ4n) is 0.779. The second-order valence-corrected chi connectivity index (χ2v) is 3.60. The molecule has 1 aromatic carbocycles. The molecular weight excluding hydrogens is 148 g/mol. The third-order valence-electron chi connectivity index (χ3n) is 1.35. The Balaban J connectivity index is 2.71. The molecule has 0 N–H and O–H groups in total. The Bertz CT molecular complexity index is 257. The van der Waals surface area contributed by atoms with Gasteiger partial charge in [-0.2, -0.15) is 0 Å². The molecular formula is C10H15N2+. The maximum atomic E-state index is 4.34. The summed E-state index contributed by atoms with van der Waals surface area (Å²) in [5, 5.41) is 4.34. The number of hydrogen-bond acceptors (Lipinski definition) is 1. The van der Waals surface area contributed by atoms with E-state index in [1.807, 2.05) is 57.7 Å². The number of nitrogens with zero attached hydrogens (tertiary/aromatic N) is 2. The summed E-state index contributed by atoms with van der Waals surface area (Å²) in [6, 6.07) is 10.1. The van der Waals surface area contributed by atoms with Gasteiger partial charge < -0.3 is 0 Å². The van der Waals surface area contributed by atoms with Gasteiger partial charge in [0, 0.05) is 0 Å². The molecule has 0 fully saturated rings. The van der Waals surface area contributed by atoms with E-state index in [2.05, 4.69) is 5.10 Å². The van der Waals surface area contributed by atoms with Crippen LogP contribution in [0.25, 0.3) is 0 Å². The lowest BCUT2D eigenvalue weighted by Crippen LogP contribution is -2.27. The minimum Gasteiger partial charge on any atom is -0.205 e. The van der Waals surface area contributed by atoms with Gasteiger partial charge in [0.25, 0.3) is 0 Å². The normalized spacial score (nSPS) is 12.2. The minimum absolute atomic E-state index is 0.606. The van der Waals surface area contributed by atoms with Gasteiger partial charge >= 0.3 is 0 Å². The molecule has 0 radical (unpaired) electrons. The highest BCUT2D eigenvalue weighted by Gasteiger charge is 2.00. The fourth-order valence-corrected chi connectivity index (χ4v) is 0.779. The van der Waals surface area contributed by atoms with Crippen LogP contribution in [-0.4, -0.2) is 31.9 Å². The lowest BCUT2D eigenvalue weighted by molar-refractivity contribution is -0.876. The van der Waals surface area contributed by atoms with E-state index in [1.165, 1.54) is 0 Å². The van der Waals surface area contributed by atoms with Crippen molar-refractivity contribution in [1.29, 1.82) is 0 Å². The molecule has 1 rings (SSSR count). The maximum Gasteiger partial charge on any atom is 0.0923 e. The SMILES string of the molecule is C[N+](C)(C)N=Cc1ccccc1. The molecule has 0 saturated carbocycles. The summed E-state index contributed by atoms with van der Waals surface area (Å²) in [7, 11) is 6.08. The first-order valence-electron chi connectivity index (χ1n) is 4.00. The third kappa shape index (κ3) is 3.30. The van der Waals surface area contributed by atoms with Gasteiger partial charge in [0.05, 0.1) is 27.4 Å². The topological polar surface area (TPSA) is 12.4 Å². The van der Waals surface area contributed by atoms with Crippen LogP contribution in [0.4, 0.5) is 0 Å². The predicted octanol–water partition coefficient (Wildman–Crippen LogP) is 1.73. The molecule has 0 unspecified atom stereocenters. The molecule has 0 aliphatic carbocycles. The van der Waals surface area contributed by atoms with Gasteiger partial charge in [-0.25, -0.2) is 4.59 Å². The van der Waals surface area contributed by atoms with E-state index < -0.39 is 0 Å². The van der Waals surface area contributed by atoms with Crippen molar-refractivity contribution in [3.8, 4) is 0 Å². The zero-order chi connectivity index (χ0) is 9.03. The van der Waals surface area contributed by atoms with Crippen LogP contribution in [0.2, 0.25) is 0 Å². The maximum absolute atomic E-state index is 4.34. The minimum atomic E-state index is 0.606. The average molecular weight is 163 g/mol. The van der Waals surface area contributed by atoms with Gasteiger partial charge in [-0.1, -0.05) is 35.4 Å². The highest BCUT2D eigenvalue weighted by Crippen LogP contribution is 1.96. The zero-order valence-corrected chi connectivity index (χ0v) is 7.86. The molecule has 64 valence electrons. The molecule has 0 aromatic heterocycles. The van der Waals surface area contributed by atoms with Gasteiger partial charge in [0.1, 0.15) is 0 Å². The van der Waals surface area contributed by atoms with Gasteiger partial charge in [-0.3, -0.25) is 0 Å². The molecule has 0 heterocycles. The van der Waals surface area contributed by atoms with Crippen molar-refractivity contribution < 1.29 is 4.59 Å². The van der Waals surface area contributed by atoms with Crippen LogP contribution < -0.4 is 0 Å². The van der Waals surface area contributed by atoms with Crippen molar-refractivity contribution in [2.24, 2.45) is 5.10 Å². The van der Waals surface area contributed by atoms with Gasteiger partial charge in [0.2, 0.25) is 0 Å². The van der Waals surface area contributed by atoms with E-state index in [9.17, 15) is 0 Å². The molecule has 0 spiro atoms. The fraction of sp³-hybridized carbons (Fsp3) is 0.300. The molecule has 1 aromatic rings. The molecule has 0 aliphatic rings. The van der Waals surface area contributed by atoms with Crippen LogP contribution >= 0.6 is 0 Å². The number of hydrogen-bond donors (Lipinski definition) is 0. The second kappa shape index (κ2) is 3.50. The molecule has 2 heteroatoms. The van der Waals surface area contributed by atoms with E-state index in [4.69, 9.17) is 0 Å². The van der Waals surface area contributed by atoms with Crippen molar-refractivity contribution in [1.82, 2.24) is 0 Å². The largest absolute Gasteiger partial charge is 0.205 e. The summed E-state index contributed by atoms with van der Waals surface area (Å²) in [6.45, 7) is 0. The first-order valence-corrected chi connectivity index (χ1v) is 4.00. The molecule has 0 amide bonds. The zero-order valence-electron chi connectivity index (χ0n) is 7.86. The van der Waals surface area contributed by atoms with Crippen LogP contribution in [0, 0.1) is 0 Å². The highest BCUT2D eigenvalue weighted by molar-refractivity contribution is 5.78. The van der Waals surface area contributed by atoms with E-state index >= 15 is 0 Å². The van der Waals surface area contributed by atoms with E-state index in [0.29, 0.717) is 4.59 Å². The van der Waals surface area contributed by atoms with Crippen LogP contribution in [-0.2, 0) is 0 Å². The Labute approximate surface area is 73.7 Å². The Morgan fingerprint density at radius 1 is 1.08 bits per heavy atom. The Kier molecular flexibility index (Phi) is 2.61. The molecule has 12 heavy (non-hydrogen) atoms. The van der Waals surface area contributed by atoms with E-state index in [-0.39, 0.29) is 0 Å². The lowest BCUT2D eigenvalue weighted by atomic mass is 10.2. The van der Waals surface area contributed by atoms with Gasteiger partial charge in [-0.05, 0) is 5.56 Å². The van der Waals surface area contributed by atoms with Crippen molar-refractivity contribution in [2.45, 2.75) is 0 Å². The van der Waals surface area contributed by atoms with Crippen LogP contribution in [0.5, 0.6) is 0 Å². The van der Waals surface area contributed by atoms with Crippen molar-refractivity contribution in [3.05, 3.63) is 35.9 Å². The summed E-state index contributed by atoms with van der Waals surface area (Å²) in [6.07, 6.45) is 1.89. The lowest BCUT2D eigenvalue weighted by Gasteiger charge is -2.14. The first kappa shape index (κ1) is 8.94.